The molecule has 0 saturated carbocycles. The van der Waals surface area contributed by atoms with Crippen LogP contribution in [0.5, 0.6) is 0 Å². The van der Waals surface area contributed by atoms with Crippen molar-refractivity contribution in [3.8, 4) is 0 Å². The summed E-state index contributed by atoms with van der Waals surface area (Å²) in [4.78, 5) is 4.13. The summed E-state index contributed by atoms with van der Waals surface area (Å²) in [5, 5.41) is 6.29. The van der Waals surface area contributed by atoms with E-state index in [1.807, 2.05) is 6.92 Å². The second-order valence-corrected chi connectivity index (χ2v) is 12.5. The van der Waals surface area contributed by atoms with E-state index >= 15 is 0 Å². The van der Waals surface area contributed by atoms with E-state index in [9.17, 15) is 16.8 Å². The number of nitrogens with zero attached hydrogens (tertiary/aromatic N) is 2. The van der Waals surface area contributed by atoms with E-state index in [0.717, 1.165) is 0 Å². The van der Waals surface area contributed by atoms with Gasteiger partial charge in [-0.1, -0.05) is 6.92 Å². The second kappa shape index (κ2) is 11.1. The number of sulfonamides is 1. The Bertz CT molecular complexity index is 680. The van der Waals surface area contributed by atoms with Crippen molar-refractivity contribution in [3.63, 3.8) is 0 Å². The van der Waals surface area contributed by atoms with Gasteiger partial charge in [-0.2, -0.15) is 0 Å². The van der Waals surface area contributed by atoms with E-state index in [2.05, 4.69) is 15.6 Å². The van der Waals surface area contributed by atoms with Crippen molar-refractivity contribution in [1.29, 1.82) is 0 Å². The van der Waals surface area contributed by atoms with Gasteiger partial charge in [0.15, 0.2) is 15.8 Å². The van der Waals surface area contributed by atoms with Crippen molar-refractivity contribution in [2.24, 2.45) is 4.99 Å². The molecule has 27 heavy (non-hydrogen) atoms. The fourth-order valence-electron chi connectivity index (χ4n) is 2.66. The maximum atomic E-state index is 12.1. The second-order valence-electron chi connectivity index (χ2n) is 7.56. The zero-order valence-electron chi connectivity index (χ0n) is 17.0. The molecule has 0 unspecified atom stereocenters. The highest BCUT2D eigenvalue weighted by Crippen LogP contribution is 2.16. The Hall–Kier alpha value is -0.140. The summed E-state index contributed by atoms with van der Waals surface area (Å²) in [6.45, 7) is 8.20. The van der Waals surface area contributed by atoms with Gasteiger partial charge in [-0.25, -0.2) is 21.1 Å². The molecule has 0 radical (unpaired) electrons. The zero-order valence-corrected chi connectivity index (χ0v) is 20.9. The molecule has 11 heteroatoms. The molecule has 0 amide bonds. The summed E-state index contributed by atoms with van der Waals surface area (Å²) in [7, 11) is -4.69. The average molecular weight is 539 g/mol. The highest BCUT2D eigenvalue weighted by Gasteiger charge is 2.29. The molecule has 0 aliphatic carbocycles. The Morgan fingerprint density at radius 1 is 1.11 bits per heavy atom. The van der Waals surface area contributed by atoms with Gasteiger partial charge in [0.25, 0.3) is 0 Å². The van der Waals surface area contributed by atoms with E-state index < -0.39 is 24.6 Å². The number of halogens is 1. The lowest BCUT2D eigenvalue weighted by molar-refractivity contribution is 0.306. The number of guanidine groups is 1. The minimum Gasteiger partial charge on any atom is -0.355 e. The normalized spacial score (nSPS) is 18.0. The van der Waals surface area contributed by atoms with Gasteiger partial charge in [0, 0.05) is 32.7 Å². The molecule has 1 heterocycles. The Morgan fingerprint density at radius 3 is 2.11 bits per heavy atom. The topological polar surface area (TPSA) is 108 Å². The molecule has 0 spiro atoms. The van der Waals surface area contributed by atoms with Crippen LogP contribution < -0.4 is 10.6 Å². The van der Waals surface area contributed by atoms with Crippen LogP contribution in [0.3, 0.4) is 0 Å². The maximum Gasteiger partial charge on any atom is 0.214 e. The third kappa shape index (κ3) is 8.40. The molecule has 0 aromatic heterocycles. The first kappa shape index (κ1) is 26.9. The predicted molar refractivity (Wildman–Crippen MR) is 122 cm³/mol. The Balaban J connectivity index is 0.00000676. The molecule has 0 aromatic carbocycles. The maximum absolute atomic E-state index is 12.1. The predicted octanol–water partition coefficient (Wildman–Crippen LogP) is 1.19. The van der Waals surface area contributed by atoms with Crippen molar-refractivity contribution in [2.75, 3.05) is 38.2 Å². The van der Waals surface area contributed by atoms with Gasteiger partial charge in [-0.05, 0) is 40.0 Å². The third-order valence-corrected chi connectivity index (χ3v) is 9.15. The fraction of sp³-hybridized carbons (Fsp3) is 0.938. The van der Waals surface area contributed by atoms with Gasteiger partial charge in [0.05, 0.1) is 16.3 Å². The molecule has 1 aliphatic rings. The Morgan fingerprint density at radius 2 is 1.67 bits per heavy atom. The number of hydrogen-bond acceptors (Lipinski definition) is 5. The zero-order chi connectivity index (χ0) is 20.0. The number of rotatable bonds is 7. The van der Waals surface area contributed by atoms with Crippen LogP contribution in [0.15, 0.2) is 4.99 Å². The summed E-state index contributed by atoms with van der Waals surface area (Å²) < 4.78 is 49.2. The lowest BCUT2D eigenvalue weighted by Crippen LogP contribution is -2.50. The van der Waals surface area contributed by atoms with Crippen molar-refractivity contribution in [1.82, 2.24) is 14.9 Å². The van der Waals surface area contributed by atoms with Crippen molar-refractivity contribution in [2.45, 2.75) is 57.7 Å². The first-order valence-electron chi connectivity index (χ1n) is 9.10. The van der Waals surface area contributed by atoms with Crippen LogP contribution in [0.2, 0.25) is 0 Å². The van der Waals surface area contributed by atoms with Crippen LogP contribution in [-0.2, 0) is 19.9 Å². The Labute approximate surface area is 181 Å². The molecule has 1 fully saturated rings. The van der Waals surface area contributed by atoms with E-state index in [1.165, 1.54) is 0 Å². The largest absolute Gasteiger partial charge is 0.355 e. The summed E-state index contributed by atoms with van der Waals surface area (Å²) in [6.07, 6.45) is 2.02. The van der Waals surface area contributed by atoms with E-state index in [4.69, 9.17) is 0 Å². The molecule has 0 bridgehead atoms. The number of hydrogen-bond donors (Lipinski definition) is 2. The lowest BCUT2D eigenvalue weighted by Gasteiger charge is -2.32. The number of nitrogens with one attached hydrogen (secondary N) is 2. The first-order valence-corrected chi connectivity index (χ1v) is 12.4. The summed E-state index contributed by atoms with van der Waals surface area (Å²) in [5.74, 6) is 0.769. The van der Waals surface area contributed by atoms with Gasteiger partial charge in [0.1, 0.15) is 0 Å². The van der Waals surface area contributed by atoms with E-state index in [0.29, 0.717) is 38.3 Å². The van der Waals surface area contributed by atoms with Crippen LogP contribution in [0.4, 0.5) is 0 Å². The third-order valence-electron chi connectivity index (χ3n) is 4.47. The number of aliphatic imine (C=N–C) groups is 1. The summed E-state index contributed by atoms with van der Waals surface area (Å²) in [6, 6.07) is 0.119. The molecule has 162 valence electrons. The molecular formula is C16H35IN4O4S2. The summed E-state index contributed by atoms with van der Waals surface area (Å²) >= 11 is 0. The van der Waals surface area contributed by atoms with Crippen LogP contribution in [0.1, 0.15) is 47.0 Å². The molecule has 8 nitrogen and oxygen atoms in total. The summed E-state index contributed by atoms with van der Waals surface area (Å²) in [5.41, 5.74) is 0. The van der Waals surface area contributed by atoms with Gasteiger partial charge in [0.2, 0.25) is 10.0 Å². The lowest BCUT2D eigenvalue weighted by atomic mass is 10.1. The van der Waals surface area contributed by atoms with E-state index in [-0.39, 0.29) is 48.1 Å². The molecule has 2 N–H and O–H groups in total. The van der Waals surface area contributed by atoms with Gasteiger partial charge >= 0.3 is 0 Å². The van der Waals surface area contributed by atoms with Crippen LogP contribution >= 0.6 is 24.0 Å². The van der Waals surface area contributed by atoms with Gasteiger partial charge in [-0.15, -0.1) is 24.0 Å². The minimum atomic E-state index is -3.18. The molecule has 1 rings (SSSR count). The van der Waals surface area contributed by atoms with Crippen LogP contribution in [0, 0.1) is 0 Å². The number of piperidine rings is 1. The van der Waals surface area contributed by atoms with Crippen molar-refractivity contribution >= 4 is 49.8 Å². The Kier molecular flexibility index (Phi) is 11.1. The van der Waals surface area contributed by atoms with Crippen LogP contribution in [-0.4, -0.2) is 76.1 Å². The molecular weight excluding hydrogens is 503 g/mol. The average Bonchev–Trinajstić information content (AvgIpc) is 2.53. The molecule has 0 aromatic rings. The standard InChI is InChI=1S/C16H34N4O4S2.HI/c1-6-12-26(23,24)20-10-7-14(8-11-20)19-15(17-5)18-9-13-25(21,22)16(2,3)4;/h14H,6-13H2,1-5H3,(H2,17,18,19);1H. The first-order chi connectivity index (χ1) is 11.9. The quantitative estimate of drug-likeness (QED) is 0.287. The molecule has 1 aliphatic heterocycles. The smallest absolute Gasteiger partial charge is 0.214 e. The number of sulfone groups is 1. The minimum absolute atomic E-state index is 0. The van der Waals surface area contributed by atoms with Crippen molar-refractivity contribution in [3.05, 3.63) is 0 Å². The van der Waals surface area contributed by atoms with Gasteiger partial charge in [-0.3, -0.25) is 4.99 Å². The molecule has 1 saturated heterocycles. The van der Waals surface area contributed by atoms with Gasteiger partial charge < -0.3 is 10.6 Å². The monoisotopic (exact) mass is 538 g/mol. The van der Waals surface area contributed by atoms with Crippen molar-refractivity contribution < 1.29 is 16.8 Å². The SMILES string of the molecule is CCCS(=O)(=O)N1CCC(NC(=NC)NCCS(=O)(=O)C(C)(C)C)CC1.I. The highest BCUT2D eigenvalue weighted by atomic mass is 127. The van der Waals surface area contributed by atoms with E-state index in [1.54, 1.807) is 32.1 Å². The van der Waals surface area contributed by atoms with Crippen LogP contribution in [0.25, 0.3) is 0 Å². The highest BCUT2D eigenvalue weighted by molar-refractivity contribution is 14.0. The fourth-order valence-corrected chi connectivity index (χ4v) is 5.19. The molecule has 0 atom stereocenters.